The summed E-state index contributed by atoms with van der Waals surface area (Å²) in [6, 6.07) is 1.89. The van der Waals surface area contributed by atoms with Crippen molar-refractivity contribution in [2.75, 3.05) is 23.8 Å². The third-order valence-corrected chi connectivity index (χ3v) is 3.23. The molecular formula is C12H20N4O. The lowest BCUT2D eigenvalue weighted by Crippen LogP contribution is -2.48. The van der Waals surface area contributed by atoms with Gasteiger partial charge in [0.05, 0.1) is 12.1 Å². The number of anilines is 2. The third-order valence-electron chi connectivity index (χ3n) is 3.23. The van der Waals surface area contributed by atoms with Gasteiger partial charge in [-0.25, -0.2) is 9.97 Å². The maximum atomic E-state index is 9.39. The van der Waals surface area contributed by atoms with Gasteiger partial charge in [-0.2, -0.15) is 0 Å². The zero-order valence-electron chi connectivity index (χ0n) is 10.2. The van der Waals surface area contributed by atoms with E-state index in [0.29, 0.717) is 0 Å². The van der Waals surface area contributed by atoms with Crippen molar-refractivity contribution in [2.45, 2.75) is 38.1 Å². The van der Waals surface area contributed by atoms with Crippen molar-refractivity contribution in [3.05, 3.63) is 12.4 Å². The molecule has 0 radical (unpaired) electrons. The molecule has 1 saturated carbocycles. The standard InChI is InChI=1S/C12H20N4O/c1-2-6-13-10-7-11(15-9-14-10)16-12(8-17)4-3-5-12/h7,9,17H,2-6,8H2,1H3,(H2,13,14,15,16). The number of aromatic nitrogens is 2. The second-order valence-corrected chi connectivity index (χ2v) is 4.63. The summed E-state index contributed by atoms with van der Waals surface area (Å²) < 4.78 is 0. The predicted octanol–water partition coefficient (Wildman–Crippen LogP) is 1.63. The minimum atomic E-state index is -0.156. The Balaban J connectivity index is 2.00. The van der Waals surface area contributed by atoms with Crippen LogP contribution in [0.15, 0.2) is 12.4 Å². The molecule has 5 heteroatoms. The van der Waals surface area contributed by atoms with E-state index in [1.165, 1.54) is 6.42 Å². The van der Waals surface area contributed by atoms with Crippen LogP contribution in [0.4, 0.5) is 11.6 Å². The van der Waals surface area contributed by atoms with Crippen molar-refractivity contribution in [2.24, 2.45) is 0 Å². The molecule has 0 aromatic carbocycles. The molecule has 5 nitrogen and oxygen atoms in total. The summed E-state index contributed by atoms with van der Waals surface area (Å²) in [6.07, 6.45) is 5.79. The number of hydrogen-bond acceptors (Lipinski definition) is 5. The maximum Gasteiger partial charge on any atom is 0.131 e. The zero-order valence-corrected chi connectivity index (χ0v) is 10.2. The van der Waals surface area contributed by atoms with E-state index in [1.807, 2.05) is 6.07 Å². The molecule has 94 valence electrons. The van der Waals surface area contributed by atoms with Gasteiger partial charge in [0.1, 0.15) is 18.0 Å². The van der Waals surface area contributed by atoms with Gasteiger partial charge in [0.25, 0.3) is 0 Å². The van der Waals surface area contributed by atoms with Crippen molar-refractivity contribution < 1.29 is 5.11 Å². The monoisotopic (exact) mass is 236 g/mol. The van der Waals surface area contributed by atoms with Crippen LogP contribution in [0.25, 0.3) is 0 Å². The van der Waals surface area contributed by atoms with Gasteiger partial charge in [0, 0.05) is 12.6 Å². The highest BCUT2D eigenvalue weighted by atomic mass is 16.3. The first kappa shape index (κ1) is 12.1. The van der Waals surface area contributed by atoms with E-state index in [0.717, 1.165) is 37.4 Å². The quantitative estimate of drug-likeness (QED) is 0.700. The highest BCUT2D eigenvalue weighted by molar-refractivity contribution is 5.48. The molecule has 17 heavy (non-hydrogen) atoms. The molecular weight excluding hydrogens is 216 g/mol. The number of nitrogens with zero attached hydrogens (tertiary/aromatic N) is 2. The largest absolute Gasteiger partial charge is 0.394 e. The van der Waals surface area contributed by atoms with Gasteiger partial charge in [0.2, 0.25) is 0 Å². The van der Waals surface area contributed by atoms with Crippen molar-refractivity contribution in [1.29, 1.82) is 0 Å². The third kappa shape index (κ3) is 2.85. The molecule has 0 saturated heterocycles. The van der Waals surface area contributed by atoms with Gasteiger partial charge in [-0.15, -0.1) is 0 Å². The van der Waals surface area contributed by atoms with Gasteiger partial charge >= 0.3 is 0 Å². The first-order valence-electron chi connectivity index (χ1n) is 6.23. The van der Waals surface area contributed by atoms with Crippen molar-refractivity contribution in [3.8, 4) is 0 Å². The average Bonchev–Trinajstić information content (AvgIpc) is 2.32. The Morgan fingerprint density at radius 1 is 1.35 bits per heavy atom. The van der Waals surface area contributed by atoms with E-state index in [9.17, 15) is 5.11 Å². The molecule has 1 aliphatic carbocycles. The average molecular weight is 236 g/mol. The topological polar surface area (TPSA) is 70.1 Å². The lowest BCUT2D eigenvalue weighted by molar-refractivity contribution is 0.144. The van der Waals surface area contributed by atoms with Crippen LogP contribution >= 0.6 is 0 Å². The molecule has 1 fully saturated rings. The van der Waals surface area contributed by atoms with E-state index in [2.05, 4.69) is 27.5 Å². The first-order chi connectivity index (χ1) is 8.28. The van der Waals surface area contributed by atoms with E-state index >= 15 is 0 Å². The van der Waals surface area contributed by atoms with Crippen LogP contribution in [-0.2, 0) is 0 Å². The van der Waals surface area contributed by atoms with Gasteiger partial charge < -0.3 is 15.7 Å². The smallest absolute Gasteiger partial charge is 0.131 e. The molecule has 1 aromatic rings. The molecule has 0 atom stereocenters. The van der Waals surface area contributed by atoms with Gasteiger partial charge in [-0.05, 0) is 25.7 Å². The van der Waals surface area contributed by atoms with Crippen molar-refractivity contribution >= 4 is 11.6 Å². The maximum absolute atomic E-state index is 9.39. The second-order valence-electron chi connectivity index (χ2n) is 4.63. The highest BCUT2D eigenvalue weighted by Crippen LogP contribution is 2.34. The lowest BCUT2D eigenvalue weighted by Gasteiger charge is -2.41. The molecule has 1 aliphatic rings. The minimum absolute atomic E-state index is 0.156. The fourth-order valence-electron chi connectivity index (χ4n) is 1.97. The Kier molecular flexibility index (Phi) is 3.78. The number of hydrogen-bond donors (Lipinski definition) is 3. The summed E-state index contributed by atoms with van der Waals surface area (Å²) in [5.74, 6) is 1.61. The normalized spacial score (nSPS) is 17.3. The minimum Gasteiger partial charge on any atom is -0.394 e. The van der Waals surface area contributed by atoms with E-state index in [4.69, 9.17) is 0 Å². The molecule has 1 heterocycles. The molecule has 0 amide bonds. The zero-order chi connectivity index (χ0) is 12.1. The van der Waals surface area contributed by atoms with Crippen LogP contribution in [0, 0.1) is 0 Å². The molecule has 0 spiro atoms. The number of rotatable bonds is 6. The summed E-state index contributed by atoms with van der Waals surface area (Å²) in [5, 5.41) is 15.9. The van der Waals surface area contributed by atoms with Crippen molar-refractivity contribution in [3.63, 3.8) is 0 Å². The summed E-state index contributed by atoms with van der Waals surface area (Å²) in [7, 11) is 0. The highest BCUT2D eigenvalue weighted by Gasteiger charge is 2.36. The number of nitrogens with one attached hydrogen (secondary N) is 2. The van der Waals surface area contributed by atoms with Crippen LogP contribution in [0.1, 0.15) is 32.6 Å². The van der Waals surface area contributed by atoms with Crippen molar-refractivity contribution in [1.82, 2.24) is 9.97 Å². The van der Waals surface area contributed by atoms with Crippen LogP contribution < -0.4 is 10.6 Å². The lowest BCUT2D eigenvalue weighted by atomic mass is 9.77. The first-order valence-corrected chi connectivity index (χ1v) is 6.23. The van der Waals surface area contributed by atoms with Crippen LogP contribution in [0.2, 0.25) is 0 Å². The molecule has 1 aromatic heterocycles. The molecule has 2 rings (SSSR count). The van der Waals surface area contributed by atoms with E-state index in [-0.39, 0.29) is 12.1 Å². The van der Waals surface area contributed by atoms with Crippen LogP contribution in [-0.4, -0.2) is 33.8 Å². The molecule has 0 aliphatic heterocycles. The summed E-state index contributed by atoms with van der Waals surface area (Å²) >= 11 is 0. The van der Waals surface area contributed by atoms with E-state index in [1.54, 1.807) is 6.33 Å². The number of aliphatic hydroxyl groups excluding tert-OH is 1. The molecule has 0 unspecified atom stereocenters. The summed E-state index contributed by atoms with van der Waals surface area (Å²) in [5.41, 5.74) is -0.156. The SMILES string of the molecule is CCCNc1cc(NC2(CO)CCC2)ncn1. The van der Waals surface area contributed by atoms with Gasteiger partial charge in [0.15, 0.2) is 0 Å². The Hall–Kier alpha value is -1.36. The fourth-order valence-corrected chi connectivity index (χ4v) is 1.97. The Morgan fingerprint density at radius 3 is 2.71 bits per heavy atom. The van der Waals surface area contributed by atoms with Gasteiger partial charge in [-0.1, -0.05) is 6.92 Å². The summed E-state index contributed by atoms with van der Waals surface area (Å²) in [6.45, 7) is 3.18. The Labute approximate surface area is 102 Å². The molecule has 0 bridgehead atoms. The van der Waals surface area contributed by atoms with Crippen LogP contribution in [0.5, 0.6) is 0 Å². The Morgan fingerprint density at radius 2 is 2.12 bits per heavy atom. The molecule has 3 N–H and O–H groups in total. The number of aliphatic hydroxyl groups is 1. The van der Waals surface area contributed by atoms with Crippen LogP contribution in [0.3, 0.4) is 0 Å². The van der Waals surface area contributed by atoms with E-state index < -0.39 is 0 Å². The second kappa shape index (κ2) is 5.31. The van der Waals surface area contributed by atoms with Gasteiger partial charge in [-0.3, -0.25) is 0 Å². The fraction of sp³-hybridized carbons (Fsp3) is 0.667. The predicted molar refractivity (Wildman–Crippen MR) is 68.1 cm³/mol. The Bertz CT molecular complexity index is 360. The summed E-state index contributed by atoms with van der Waals surface area (Å²) in [4.78, 5) is 8.34.